The van der Waals surface area contributed by atoms with Gasteiger partial charge in [-0.1, -0.05) is 23.4 Å². The second-order valence-corrected chi connectivity index (χ2v) is 6.76. The lowest BCUT2D eigenvalue weighted by molar-refractivity contribution is -0.137. The third-order valence-corrected chi connectivity index (χ3v) is 4.53. The lowest BCUT2D eigenvalue weighted by atomic mass is 10.1. The Hall–Kier alpha value is -3.27. The van der Waals surface area contributed by atoms with Crippen molar-refractivity contribution < 1.29 is 31.9 Å². The van der Waals surface area contributed by atoms with E-state index in [2.05, 4.69) is 10.1 Å². The second-order valence-electron chi connectivity index (χ2n) is 6.76. The molecule has 0 radical (unpaired) electrons. The summed E-state index contributed by atoms with van der Waals surface area (Å²) < 4.78 is 60.1. The number of hydrogen-bond donors (Lipinski definition) is 0. The first-order chi connectivity index (χ1) is 14.8. The SMILES string of the molecule is COc1ccc(-c2noc(CN(C)Cc3cccc(C(F)(F)F)c3)n2)c(OC)c1OC. The van der Waals surface area contributed by atoms with Crippen LogP contribution in [0.1, 0.15) is 17.0 Å². The molecule has 10 heteroatoms. The molecule has 7 nitrogen and oxygen atoms in total. The van der Waals surface area contributed by atoms with Crippen LogP contribution >= 0.6 is 0 Å². The summed E-state index contributed by atoms with van der Waals surface area (Å²) in [5, 5.41) is 3.99. The largest absolute Gasteiger partial charge is 0.493 e. The van der Waals surface area contributed by atoms with Gasteiger partial charge in [-0.25, -0.2) is 0 Å². The van der Waals surface area contributed by atoms with Crippen LogP contribution in [0.2, 0.25) is 0 Å². The summed E-state index contributed by atoms with van der Waals surface area (Å²) in [6, 6.07) is 8.63. The van der Waals surface area contributed by atoms with E-state index in [-0.39, 0.29) is 13.1 Å². The van der Waals surface area contributed by atoms with E-state index in [0.717, 1.165) is 12.1 Å². The minimum Gasteiger partial charge on any atom is -0.493 e. The third kappa shape index (κ3) is 5.08. The van der Waals surface area contributed by atoms with E-state index in [9.17, 15) is 13.2 Å². The van der Waals surface area contributed by atoms with Crippen molar-refractivity contribution in [2.24, 2.45) is 0 Å². The van der Waals surface area contributed by atoms with Gasteiger partial charge in [-0.05, 0) is 30.8 Å². The molecule has 0 bridgehead atoms. The Balaban J connectivity index is 1.76. The quantitative estimate of drug-likeness (QED) is 0.517. The number of nitrogens with zero attached hydrogens (tertiary/aromatic N) is 3. The average Bonchev–Trinajstić information content (AvgIpc) is 3.19. The zero-order valence-electron chi connectivity index (χ0n) is 17.5. The highest BCUT2D eigenvalue weighted by molar-refractivity contribution is 5.72. The molecule has 0 spiro atoms. The van der Waals surface area contributed by atoms with E-state index in [1.165, 1.54) is 27.4 Å². The molecule has 0 amide bonds. The molecule has 0 N–H and O–H groups in total. The number of methoxy groups -OCH3 is 3. The van der Waals surface area contributed by atoms with Crippen molar-refractivity contribution in [2.45, 2.75) is 19.3 Å². The van der Waals surface area contributed by atoms with Crippen LogP contribution < -0.4 is 14.2 Å². The molecule has 0 saturated heterocycles. The predicted molar refractivity (Wildman–Crippen MR) is 106 cm³/mol. The van der Waals surface area contributed by atoms with Crippen LogP contribution in [-0.2, 0) is 19.3 Å². The normalized spacial score (nSPS) is 11.6. The Bertz CT molecular complexity index is 1040. The van der Waals surface area contributed by atoms with Crippen molar-refractivity contribution >= 4 is 0 Å². The molecule has 3 rings (SSSR count). The topological polar surface area (TPSA) is 69.9 Å². The number of halogens is 3. The first-order valence-electron chi connectivity index (χ1n) is 9.23. The molecule has 1 heterocycles. The number of aromatic nitrogens is 2. The van der Waals surface area contributed by atoms with Crippen LogP contribution in [0.4, 0.5) is 13.2 Å². The van der Waals surface area contributed by atoms with Gasteiger partial charge in [0, 0.05) is 6.54 Å². The maximum Gasteiger partial charge on any atom is 0.416 e. The maximum atomic E-state index is 12.9. The highest BCUT2D eigenvalue weighted by Crippen LogP contribution is 2.43. The molecular formula is C21H22F3N3O4. The Labute approximate surface area is 177 Å². The lowest BCUT2D eigenvalue weighted by Gasteiger charge is -2.15. The minimum absolute atomic E-state index is 0.249. The summed E-state index contributed by atoms with van der Waals surface area (Å²) in [6.45, 7) is 0.528. The average molecular weight is 437 g/mol. The fourth-order valence-corrected chi connectivity index (χ4v) is 3.15. The molecule has 0 aliphatic rings. The van der Waals surface area contributed by atoms with Gasteiger partial charge in [0.1, 0.15) is 0 Å². The molecule has 0 aliphatic heterocycles. The van der Waals surface area contributed by atoms with Gasteiger partial charge in [0.05, 0.1) is 39.0 Å². The van der Waals surface area contributed by atoms with Gasteiger partial charge in [0.25, 0.3) is 0 Å². The molecule has 31 heavy (non-hydrogen) atoms. The molecule has 0 saturated carbocycles. The molecule has 1 aromatic heterocycles. The van der Waals surface area contributed by atoms with Gasteiger partial charge in [-0.15, -0.1) is 0 Å². The van der Waals surface area contributed by atoms with E-state index in [4.69, 9.17) is 18.7 Å². The van der Waals surface area contributed by atoms with Gasteiger partial charge in [0.2, 0.25) is 17.5 Å². The van der Waals surface area contributed by atoms with Crippen molar-refractivity contribution in [3.63, 3.8) is 0 Å². The Morgan fingerprint density at radius 3 is 2.35 bits per heavy atom. The van der Waals surface area contributed by atoms with E-state index < -0.39 is 11.7 Å². The summed E-state index contributed by atoms with van der Waals surface area (Å²) in [4.78, 5) is 6.16. The van der Waals surface area contributed by atoms with Gasteiger partial charge >= 0.3 is 6.18 Å². The standard InChI is InChI=1S/C21H22F3N3O4/c1-27(11-13-6-5-7-14(10-13)21(22,23)24)12-17-25-20(26-31-17)15-8-9-16(28-2)19(30-4)18(15)29-3/h5-10H,11-12H2,1-4H3. The third-order valence-electron chi connectivity index (χ3n) is 4.53. The van der Waals surface area contributed by atoms with Crippen LogP contribution in [0.15, 0.2) is 40.9 Å². The smallest absolute Gasteiger partial charge is 0.416 e. The number of alkyl halides is 3. The molecule has 166 valence electrons. The summed E-state index contributed by atoms with van der Waals surface area (Å²) in [5.74, 6) is 1.89. The Kier molecular flexibility index (Phi) is 6.69. The van der Waals surface area contributed by atoms with E-state index in [0.29, 0.717) is 40.1 Å². The molecule has 0 atom stereocenters. The van der Waals surface area contributed by atoms with Crippen molar-refractivity contribution in [1.82, 2.24) is 15.0 Å². The van der Waals surface area contributed by atoms with Crippen LogP contribution in [0.5, 0.6) is 17.2 Å². The first-order valence-corrected chi connectivity index (χ1v) is 9.23. The second kappa shape index (κ2) is 9.25. The number of ether oxygens (including phenoxy) is 3. The summed E-state index contributed by atoms with van der Waals surface area (Å²) in [6.07, 6.45) is -4.38. The van der Waals surface area contributed by atoms with Crippen molar-refractivity contribution in [3.05, 3.63) is 53.4 Å². The summed E-state index contributed by atoms with van der Waals surface area (Å²) in [5.41, 5.74) is 0.397. The Morgan fingerprint density at radius 1 is 0.968 bits per heavy atom. The number of benzene rings is 2. The minimum atomic E-state index is -4.38. The Morgan fingerprint density at radius 2 is 1.71 bits per heavy atom. The van der Waals surface area contributed by atoms with E-state index in [1.807, 2.05) is 0 Å². The van der Waals surface area contributed by atoms with Crippen LogP contribution in [-0.4, -0.2) is 43.4 Å². The van der Waals surface area contributed by atoms with Gasteiger partial charge in [-0.2, -0.15) is 18.2 Å². The fourth-order valence-electron chi connectivity index (χ4n) is 3.15. The zero-order valence-corrected chi connectivity index (χ0v) is 17.5. The molecular weight excluding hydrogens is 415 g/mol. The van der Waals surface area contributed by atoms with Crippen LogP contribution in [0.25, 0.3) is 11.4 Å². The van der Waals surface area contributed by atoms with Crippen LogP contribution in [0, 0.1) is 0 Å². The first kappa shape index (κ1) is 22.4. The number of rotatable bonds is 8. The molecule has 3 aromatic rings. The van der Waals surface area contributed by atoms with E-state index in [1.54, 1.807) is 30.1 Å². The van der Waals surface area contributed by atoms with Gasteiger partial charge in [0.15, 0.2) is 11.5 Å². The van der Waals surface area contributed by atoms with E-state index >= 15 is 0 Å². The fraction of sp³-hybridized carbons (Fsp3) is 0.333. The molecule has 2 aromatic carbocycles. The number of hydrogen-bond acceptors (Lipinski definition) is 7. The highest BCUT2D eigenvalue weighted by Gasteiger charge is 2.30. The molecule has 0 fully saturated rings. The summed E-state index contributed by atoms with van der Waals surface area (Å²) in [7, 11) is 6.25. The molecule has 0 unspecified atom stereocenters. The summed E-state index contributed by atoms with van der Waals surface area (Å²) >= 11 is 0. The zero-order chi connectivity index (χ0) is 22.6. The molecule has 0 aliphatic carbocycles. The van der Waals surface area contributed by atoms with Crippen molar-refractivity contribution in [1.29, 1.82) is 0 Å². The lowest BCUT2D eigenvalue weighted by Crippen LogP contribution is -2.18. The van der Waals surface area contributed by atoms with Crippen LogP contribution in [0.3, 0.4) is 0 Å². The van der Waals surface area contributed by atoms with Crippen molar-refractivity contribution in [3.8, 4) is 28.6 Å². The van der Waals surface area contributed by atoms with Crippen molar-refractivity contribution in [2.75, 3.05) is 28.4 Å². The predicted octanol–water partition coefficient (Wildman–Crippen LogP) is 4.41. The monoisotopic (exact) mass is 437 g/mol. The maximum absolute atomic E-state index is 12.9. The van der Waals surface area contributed by atoms with Gasteiger partial charge in [-0.3, -0.25) is 4.90 Å². The van der Waals surface area contributed by atoms with Gasteiger partial charge < -0.3 is 18.7 Å². The highest BCUT2D eigenvalue weighted by atomic mass is 19.4.